The van der Waals surface area contributed by atoms with Crippen LogP contribution in [0.5, 0.6) is 0 Å². The number of aliphatic carboxylic acids is 1. The summed E-state index contributed by atoms with van der Waals surface area (Å²) < 4.78 is -2.17. The first-order chi connectivity index (χ1) is 22.0. The number of rotatable bonds is 19. The second-order valence-corrected chi connectivity index (χ2v) is 15.3. The normalized spacial score (nSPS) is 14.2. The summed E-state index contributed by atoms with van der Waals surface area (Å²) in [4.78, 5) is 74.3. The van der Waals surface area contributed by atoms with E-state index in [0.717, 1.165) is 27.2 Å². The topological polar surface area (TPSA) is 223 Å². The number of amides is 4. The first kappa shape index (κ1) is 39.3. The number of hydrogen-bond acceptors (Lipinski definition) is 10. The summed E-state index contributed by atoms with van der Waals surface area (Å²) in [5, 5.41) is 20.9. The highest BCUT2D eigenvalue weighted by Gasteiger charge is 2.43. The Labute approximate surface area is 282 Å². The maximum absolute atomic E-state index is 13.2. The number of benzene rings is 2. The smallest absolute Gasteiger partial charge is 0.327 e. The molecule has 0 saturated heterocycles. The number of carboxylic acids is 1. The Balaban J connectivity index is 2.18. The van der Waals surface area contributed by atoms with E-state index >= 15 is 0 Å². The molecule has 0 saturated carbocycles. The van der Waals surface area contributed by atoms with Gasteiger partial charge in [-0.2, -0.15) is 0 Å². The molecule has 2 aromatic carbocycles. The molecular formula is C32H44N6O7S2. The van der Waals surface area contributed by atoms with Crippen LogP contribution in [0.25, 0.3) is 0 Å². The molecule has 0 spiro atoms. The molecule has 4 amide bonds. The minimum absolute atomic E-state index is 0.0980. The predicted octanol–water partition coefficient (Wildman–Crippen LogP) is 0.794. The lowest BCUT2D eigenvalue weighted by atomic mass is 10.00. The third-order valence-corrected chi connectivity index (χ3v) is 11.5. The SMILES string of the molecule is CNC(Cc1ccccc1)C(=O)NC(C(=O)O)C(C)(C)SSC(C)(C)C(NC(=O)C(N)Cc1ccc(C(N)=O)cc1)C(=O)NCC=O. The van der Waals surface area contributed by atoms with Gasteiger partial charge in [0.2, 0.25) is 23.6 Å². The molecular weight excluding hydrogens is 645 g/mol. The fourth-order valence-electron chi connectivity index (χ4n) is 4.46. The maximum atomic E-state index is 13.2. The molecule has 0 heterocycles. The van der Waals surface area contributed by atoms with Gasteiger partial charge in [0.1, 0.15) is 18.4 Å². The van der Waals surface area contributed by atoms with Crippen LogP contribution in [0.3, 0.4) is 0 Å². The van der Waals surface area contributed by atoms with Crippen LogP contribution in [0.4, 0.5) is 0 Å². The zero-order chi connectivity index (χ0) is 35.4. The number of nitrogens with one attached hydrogen (secondary N) is 4. The fourth-order valence-corrected chi connectivity index (χ4v) is 7.28. The lowest BCUT2D eigenvalue weighted by molar-refractivity contribution is -0.142. The highest BCUT2D eigenvalue weighted by molar-refractivity contribution is 8.77. The Morgan fingerprint density at radius 1 is 0.809 bits per heavy atom. The van der Waals surface area contributed by atoms with Gasteiger partial charge in [0.25, 0.3) is 0 Å². The summed E-state index contributed by atoms with van der Waals surface area (Å²) in [6, 6.07) is 11.3. The van der Waals surface area contributed by atoms with Gasteiger partial charge in [-0.15, -0.1) is 0 Å². The van der Waals surface area contributed by atoms with Crippen molar-refractivity contribution in [2.24, 2.45) is 11.5 Å². The third kappa shape index (κ3) is 12.0. The van der Waals surface area contributed by atoms with Crippen LogP contribution in [0.2, 0.25) is 0 Å². The summed E-state index contributed by atoms with van der Waals surface area (Å²) >= 11 is 0. The van der Waals surface area contributed by atoms with E-state index in [1.54, 1.807) is 46.9 Å². The van der Waals surface area contributed by atoms with Crippen molar-refractivity contribution in [3.63, 3.8) is 0 Å². The van der Waals surface area contributed by atoms with E-state index in [0.29, 0.717) is 23.8 Å². The molecule has 9 N–H and O–H groups in total. The molecule has 0 fully saturated rings. The zero-order valence-corrected chi connectivity index (χ0v) is 28.7. The number of nitrogens with two attached hydrogens (primary N) is 2. The van der Waals surface area contributed by atoms with Crippen LogP contribution in [0.1, 0.15) is 49.2 Å². The molecule has 0 bridgehead atoms. The first-order valence-corrected chi connectivity index (χ1v) is 16.9. The molecule has 256 valence electrons. The van der Waals surface area contributed by atoms with Crippen LogP contribution < -0.4 is 32.7 Å². The van der Waals surface area contributed by atoms with Crippen LogP contribution in [0.15, 0.2) is 54.6 Å². The van der Waals surface area contributed by atoms with Gasteiger partial charge >= 0.3 is 5.97 Å². The minimum atomic E-state index is -1.32. The Morgan fingerprint density at radius 3 is 1.85 bits per heavy atom. The van der Waals surface area contributed by atoms with Crippen LogP contribution in [-0.2, 0) is 36.8 Å². The van der Waals surface area contributed by atoms with Crippen molar-refractivity contribution in [3.8, 4) is 0 Å². The van der Waals surface area contributed by atoms with Crippen molar-refractivity contribution < 1.29 is 33.9 Å². The van der Waals surface area contributed by atoms with Gasteiger partial charge in [-0.05, 0) is 70.8 Å². The monoisotopic (exact) mass is 688 g/mol. The molecule has 15 heteroatoms. The summed E-state index contributed by atoms with van der Waals surface area (Å²) in [6.45, 7) is 6.40. The van der Waals surface area contributed by atoms with Gasteiger partial charge in [0.15, 0.2) is 0 Å². The number of primary amides is 1. The molecule has 4 unspecified atom stereocenters. The van der Waals surface area contributed by atoms with E-state index in [4.69, 9.17) is 11.5 Å². The molecule has 0 aliphatic rings. The standard InChI is InChI=1S/C32H44N6O7S2/c1-31(2,24(29(43)36-15-16-39)37-27(41)22(33)17-20-11-13-21(14-12-20)26(34)40)46-47-32(3,4)25(30(44)45)38-28(42)23(35-5)18-19-9-7-6-8-10-19/h6-14,16,22-25,35H,15,17-18,33H2,1-5H3,(H2,34,40)(H,36,43)(H,37,41)(H,38,42)(H,44,45). The second-order valence-electron chi connectivity index (χ2n) is 11.9. The van der Waals surface area contributed by atoms with Gasteiger partial charge < -0.3 is 42.6 Å². The zero-order valence-electron chi connectivity index (χ0n) is 27.1. The number of hydrogen-bond donors (Lipinski definition) is 7. The van der Waals surface area contributed by atoms with E-state index in [1.807, 2.05) is 30.3 Å². The second kappa shape index (κ2) is 17.8. The number of carbonyl (C=O) groups is 6. The largest absolute Gasteiger partial charge is 0.480 e. The van der Waals surface area contributed by atoms with Crippen molar-refractivity contribution in [1.82, 2.24) is 21.3 Å². The van der Waals surface area contributed by atoms with E-state index in [-0.39, 0.29) is 13.0 Å². The highest BCUT2D eigenvalue weighted by atomic mass is 33.1. The Hall–Kier alpha value is -3.92. The summed E-state index contributed by atoms with van der Waals surface area (Å²) in [7, 11) is 3.90. The molecule has 2 aromatic rings. The van der Waals surface area contributed by atoms with Crippen molar-refractivity contribution >= 4 is 57.5 Å². The number of aldehydes is 1. The van der Waals surface area contributed by atoms with Crippen LogP contribution in [0, 0.1) is 0 Å². The third-order valence-electron chi connectivity index (χ3n) is 7.28. The molecule has 47 heavy (non-hydrogen) atoms. The average Bonchev–Trinajstić information content (AvgIpc) is 3.03. The van der Waals surface area contributed by atoms with Gasteiger partial charge in [0.05, 0.1) is 23.4 Å². The molecule has 2 rings (SSSR count). The molecule has 13 nitrogen and oxygen atoms in total. The average molecular weight is 689 g/mol. The number of likely N-dealkylation sites (N-methyl/N-ethyl adjacent to an activating group) is 1. The van der Waals surface area contributed by atoms with Crippen molar-refractivity contribution in [3.05, 3.63) is 71.3 Å². The van der Waals surface area contributed by atoms with Gasteiger partial charge in [-0.1, -0.05) is 64.1 Å². The molecule has 0 aliphatic heterocycles. The quantitative estimate of drug-likeness (QED) is 0.0808. The fraction of sp³-hybridized carbons (Fsp3) is 0.438. The van der Waals surface area contributed by atoms with Crippen LogP contribution in [-0.4, -0.2) is 88.2 Å². The van der Waals surface area contributed by atoms with Crippen molar-refractivity contribution in [2.75, 3.05) is 13.6 Å². The molecule has 4 atom stereocenters. The first-order valence-electron chi connectivity index (χ1n) is 14.8. The molecule has 0 aromatic heterocycles. The molecule has 0 radical (unpaired) electrons. The van der Waals surface area contributed by atoms with Crippen LogP contribution >= 0.6 is 21.6 Å². The Morgan fingerprint density at radius 2 is 1.34 bits per heavy atom. The Bertz CT molecular complexity index is 1410. The lowest BCUT2D eigenvalue weighted by Crippen LogP contribution is -2.60. The number of carbonyl (C=O) groups excluding carboxylic acids is 5. The number of carboxylic acid groups (broad SMARTS) is 1. The molecule has 0 aliphatic carbocycles. The maximum Gasteiger partial charge on any atom is 0.327 e. The van der Waals surface area contributed by atoms with E-state index in [2.05, 4.69) is 21.3 Å². The van der Waals surface area contributed by atoms with Crippen molar-refractivity contribution in [1.29, 1.82) is 0 Å². The predicted molar refractivity (Wildman–Crippen MR) is 184 cm³/mol. The van der Waals surface area contributed by atoms with E-state index in [1.165, 1.54) is 12.1 Å². The minimum Gasteiger partial charge on any atom is -0.480 e. The van der Waals surface area contributed by atoms with Gasteiger partial charge in [-0.3, -0.25) is 19.2 Å². The summed E-state index contributed by atoms with van der Waals surface area (Å²) in [6.07, 6.45) is 0.955. The lowest BCUT2D eigenvalue weighted by Gasteiger charge is -2.38. The highest BCUT2D eigenvalue weighted by Crippen LogP contribution is 2.46. The van der Waals surface area contributed by atoms with Gasteiger partial charge in [-0.25, -0.2) is 4.79 Å². The Kier molecular flexibility index (Phi) is 14.9. The van der Waals surface area contributed by atoms with Gasteiger partial charge in [0, 0.05) is 10.3 Å². The van der Waals surface area contributed by atoms with Crippen molar-refractivity contribution in [2.45, 2.75) is 74.2 Å². The summed E-state index contributed by atoms with van der Waals surface area (Å²) in [5.74, 6) is -3.60. The van der Waals surface area contributed by atoms with E-state index < -0.39 is 63.3 Å². The van der Waals surface area contributed by atoms with E-state index in [9.17, 15) is 33.9 Å². The summed E-state index contributed by atoms with van der Waals surface area (Å²) in [5.41, 5.74) is 13.3.